The second-order valence-electron chi connectivity index (χ2n) is 9.40. The fourth-order valence-electron chi connectivity index (χ4n) is 5.04. The zero-order valence-electron chi connectivity index (χ0n) is 20.6. The first-order valence-electron chi connectivity index (χ1n) is 12.3. The number of carboxylic acids is 1. The summed E-state index contributed by atoms with van der Waals surface area (Å²) in [6.45, 7) is 1.49. The zero-order chi connectivity index (χ0) is 26.4. The molecule has 5 nitrogen and oxygen atoms in total. The number of pyridine rings is 1. The molecule has 1 saturated heterocycles. The number of carbonyl (C=O) groups is 1. The molecule has 8 heteroatoms. The summed E-state index contributed by atoms with van der Waals surface area (Å²) in [6.07, 6.45) is 1.91. The second-order valence-corrected chi connectivity index (χ2v) is 9.40. The fourth-order valence-corrected chi connectivity index (χ4v) is 5.04. The number of alkyl halides is 1. The first-order chi connectivity index (χ1) is 17.8. The van der Waals surface area contributed by atoms with Crippen molar-refractivity contribution in [2.45, 2.75) is 31.9 Å². The van der Waals surface area contributed by atoms with Crippen molar-refractivity contribution in [2.24, 2.45) is 11.8 Å². The number of rotatable bonds is 8. The highest BCUT2D eigenvalue weighted by molar-refractivity contribution is 5.83. The highest BCUT2D eigenvalue weighted by Crippen LogP contribution is 2.36. The molecule has 4 rings (SSSR count). The lowest BCUT2D eigenvalue weighted by atomic mass is 9.79. The highest BCUT2D eigenvalue weighted by atomic mass is 19.1. The number of aromatic nitrogens is 1. The van der Waals surface area contributed by atoms with Crippen LogP contribution >= 0.6 is 0 Å². The molecule has 37 heavy (non-hydrogen) atoms. The molecule has 3 atom stereocenters. The minimum absolute atomic E-state index is 0.00721. The van der Waals surface area contributed by atoms with E-state index in [-0.39, 0.29) is 30.2 Å². The average molecular weight is 511 g/mol. The molecule has 0 bridgehead atoms. The van der Waals surface area contributed by atoms with Gasteiger partial charge < -0.3 is 9.84 Å². The molecule has 3 aromatic rings. The number of methoxy groups -OCH3 is 1. The van der Waals surface area contributed by atoms with E-state index < -0.39 is 23.8 Å². The number of nitrogens with zero attached hydrogens (tertiary/aromatic N) is 2. The summed E-state index contributed by atoms with van der Waals surface area (Å²) in [5, 5.41) is 10.2. The van der Waals surface area contributed by atoms with Crippen molar-refractivity contribution in [1.29, 1.82) is 0 Å². The summed E-state index contributed by atoms with van der Waals surface area (Å²) < 4.78 is 47.9. The highest BCUT2D eigenvalue weighted by Gasteiger charge is 2.31. The van der Waals surface area contributed by atoms with Crippen LogP contribution in [0, 0.1) is 35.3 Å². The van der Waals surface area contributed by atoms with E-state index in [1.54, 1.807) is 37.6 Å². The van der Waals surface area contributed by atoms with Crippen molar-refractivity contribution in [3.8, 4) is 17.6 Å². The predicted molar refractivity (Wildman–Crippen MR) is 135 cm³/mol. The molecule has 1 fully saturated rings. The normalized spacial score (nSPS) is 18.7. The molecule has 2 heterocycles. The molecule has 1 aromatic heterocycles. The van der Waals surface area contributed by atoms with E-state index in [1.165, 1.54) is 0 Å². The SMILES string of the molecule is COc1ccc2nccc([C@@H](F)CC[C@@H]3CCN(CC#Cc4cc(F)ccc4F)C[C@@H]3CC(=O)O)c2c1. The van der Waals surface area contributed by atoms with Gasteiger partial charge in [0, 0.05) is 24.5 Å². The van der Waals surface area contributed by atoms with E-state index in [0.29, 0.717) is 54.7 Å². The molecule has 2 aromatic carbocycles. The van der Waals surface area contributed by atoms with E-state index in [9.17, 15) is 18.7 Å². The van der Waals surface area contributed by atoms with Gasteiger partial charge in [-0.25, -0.2) is 13.2 Å². The molecule has 1 N–H and O–H groups in total. The fraction of sp³-hybridized carbons (Fsp3) is 0.379. The molecule has 194 valence electrons. The van der Waals surface area contributed by atoms with Gasteiger partial charge in [-0.1, -0.05) is 11.8 Å². The van der Waals surface area contributed by atoms with Crippen molar-refractivity contribution in [3.63, 3.8) is 0 Å². The number of halogens is 3. The van der Waals surface area contributed by atoms with E-state index in [2.05, 4.69) is 16.8 Å². The maximum absolute atomic E-state index is 15.4. The standard InChI is InChI=1S/C29H29F3N2O3/c1-37-23-6-9-28-25(17-23)24(10-12-33-28)27(32)7-4-19-11-14-34(18-21(19)16-29(35)36)13-2-3-20-15-22(30)5-8-26(20)31/h5-6,8-10,12,15,17,19,21,27H,4,7,11,13-14,16,18H2,1H3,(H,35,36)/t19-,21+,27+/m1/s1. The zero-order valence-corrected chi connectivity index (χ0v) is 20.6. The van der Waals surface area contributed by atoms with Gasteiger partial charge in [-0.05, 0) is 85.7 Å². The number of carboxylic acid groups (broad SMARTS) is 1. The van der Waals surface area contributed by atoms with Gasteiger partial charge in [0.1, 0.15) is 23.6 Å². The topological polar surface area (TPSA) is 62.7 Å². The monoisotopic (exact) mass is 510 g/mol. The van der Waals surface area contributed by atoms with Gasteiger partial charge in [-0.2, -0.15) is 0 Å². The lowest BCUT2D eigenvalue weighted by Crippen LogP contribution is -2.41. The van der Waals surface area contributed by atoms with Gasteiger partial charge in [0.2, 0.25) is 0 Å². The quantitative estimate of drug-likeness (QED) is 0.390. The van der Waals surface area contributed by atoms with Crippen LogP contribution in [0.3, 0.4) is 0 Å². The van der Waals surface area contributed by atoms with Crippen molar-refractivity contribution >= 4 is 16.9 Å². The van der Waals surface area contributed by atoms with Crippen molar-refractivity contribution in [2.75, 3.05) is 26.7 Å². The van der Waals surface area contributed by atoms with Gasteiger partial charge in [0.05, 0.1) is 24.7 Å². The summed E-state index contributed by atoms with van der Waals surface area (Å²) in [5.74, 6) is 4.03. The summed E-state index contributed by atoms with van der Waals surface area (Å²) in [4.78, 5) is 17.9. The van der Waals surface area contributed by atoms with Crippen LogP contribution in [0.5, 0.6) is 5.75 Å². The van der Waals surface area contributed by atoms with Crippen LogP contribution < -0.4 is 4.74 Å². The third-order valence-electron chi connectivity index (χ3n) is 6.98. The average Bonchev–Trinajstić information content (AvgIpc) is 2.89. The Morgan fingerprint density at radius 2 is 2.05 bits per heavy atom. The van der Waals surface area contributed by atoms with E-state index >= 15 is 4.39 Å². The Bertz CT molecular complexity index is 1320. The first kappa shape index (κ1) is 26.5. The Balaban J connectivity index is 1.40. The molecule has 0 unspecified atom stereocenters. The Morgan fingerprint density at radius 1 is 1.22 bits per heavy atom. The van der Waals surface area contributed by atoms with E-state index in [0.717, 1.165) is 18.2 Å². The number of hydrogen-bond acceptors (Lipinski definition) is 4. The lowest BCUT2D eigenvalue weighted by molar-refractivity contribution is -0.139. The molecular weight excluding hydrogens is 481 g/mol. The first-order valence-corrected chi connectivity index (χ1v) is 12.3. The number of likely N-dealkylation sites (tertiary alicyclic amines) is 1. The number of benzene rings is 2. The third kappa shape index (κ3) is 6.80. The van der Waals surface area contributed by atoms with Crippen molar-refractivity contribution in [1.82, 2.24) is 9.88 Å². The summed E-state index contributed by atoms with van der Waals surface area (Å²) in [5.41, 5.74) is 1.24. The summed E-state index contributed by atoms with van der Waals surface area (Å²) in [6, 6.07) is 10.2. The smallest absolute Gasteiger partial charge is 0.303 e. The van der Waals surface area contributed by atoms with Gasteiger partial charge >= 0.3 is 5.97 Å². The Labute approximate surface area is 214 Å². The van der Waals surface area contributed by atoms with E-state index in [4.69, 9.17) is 4.74 Å². The van der Waals surface area contributed by atoms with Crippen molar-refractivity contribution < 1.29 is 27.8 Å². The molecule has 1 aliphatic heterocycles. The molecule has 0 saturated carbocycles. The van der Waals surface area contributed by atoms with Crippen LogP contribution in [0.15, 0.2) is 48.7 Å². The number of piperidine rings is 1. The van der Waals surface area contributed by atoms with Gasteiger partial charge in [0.25, 0.3) is 0 Å². The number of ether oxygens (including phenoxy) is 1. The van der Waals surface area contributed by atoms with Gasteiger partial charge in [-0.3, -0.25) is 14.7 Å². The number of aliphatic carboxylic acids is 1. The minimum atomic E-state index is -1.21. The van der Waals surface area contributed by atoms with Crippen LogP contribution in [0.2, 0.25) is 0 Å². The van der Waals surface area contributed by atoms with Crippen LogP contribution in [-0.2, 0) is 4.79 Å². The molecule has 1 aliphatic rings. The van der Waals surface area contributed by atoms with Crippen LogP contribution in [0.4, 0.5) is 13.2 Å². The molecule has 0 radical (unpaired) electrons. The molecular formula is C29H29F3N2O3. The Kier molecular flexibility index (Phi) is 8.67. The van der Waals surface area contributed by atoms with Crippen LogP contribution in [0.1, 0.15) is 43.0 Å². The molecule has 0 aliphatic carbocycles. The van der Waals surface area contributed by atoms with Gasteiger partial charge in [-0.15, -0.1) is 0 Å². The minimum Gasteiger partial charge on any atom is -0.497 e. The van der Waals surface area contributed by atoms with Gasteiger partial charge in [0.15, 0.2) is 0 Å². The second kappa shape index (κ2) is 12.1. The largest absolute Gasteiger partial charge is 0.497 e. The third-order valence-corrected chi connectivity index (χ3v) is 6.98. The predicted octanol–water partition coefficient (Wildman–Crippen LogP) is 5.78. The summed E-state index contributed by atoms with van der Waals surface area (Å²) >= 11 is 0. The maximum Gasteiger partial charge on any atom is 0.303 e. The van der Waals surface area contributed by atoms with Crippen LogP contribution in [-0.4, -0.2) is 47.7 Å². The number of fused-ring (bicyclic) bond motifs is 1. The molecule has 0 amide bonds. The summed E-state index contributed by atoms with van der Waals surface area (Å²) in [7, 11) is 1.56. The number of hydrogen-bond donors (Lipinski definition) is 1. The van der Waals surface area contributed by atoms with E-state index in [1.807, 2.05) is 4.90 Å². The van der Waals surface area contributed by atoms with Crippen molar-refractivity contribution in [3.05, 3.63) is 71.4 Å². The maximum atomic E-state index is 15.4. The Morgan fingerprint density at radius 3 is 2.84 bits per heavy atom. The molecule has 0 spiro atoms. The Hall–Kier alpha value is -3.57. The van der Waals surface area contributed by atoms with Crippen LogP contribution in [0.25, 0.3) is 10.9 Å². The lowest BCUT2D eigenvalue weighted by Gasteiger charge is -2.37.